The Hall–Kier alpha value is -2.46. The van der Waals surface area contributed by atoms with E-state index < -0.39 is 0 Å². The van der Waals surface area contributed by atoms with Gasteiger partial charge in [0, 0.05) is 30.7 Å². The van der Waals surface area contributed by atoms with E-state index in [1.165, 1.54) is 62.9 Å². The zero-order chi connectivity index (χ0) is 18.1. The van der Waals surface area contributed by atoms with Crippen molar-refractivity contribution in [3.8, 4) is 11.4 Å². The fourth-order valence-corrected chi connectivity index (χ4v) is 4.31. The number of likely N-dealkylation sites (tertiary alicyclic amines) is 1. The Balaban J connectivity index is 1.41. The molecule has 5 rings (SSSR count). The maximum Gasteiger partial charge on any atom is 0.0894 e. The van der Waals surface area contributed by atoms with E-state index in [0.717, 1.165) is 29.1 Å². The van der Waals surface area contributed by atoms with Crippen LogP contribution in [0.4, 0.5) is 5.69 Å². The molecule has 138 valence electrons. The van der Waals surface area contributed by atoms with Crippen LogP contribution in [0.2, 0.25) is 0 Å². The van der Waals surface area contributed by atoms with Crippen molar-refractivity contribution in [2.75, 3.05) is 31.1 Å². The molecule has 4 heteroatoms. The number of pyridine rings is 2. The van der Waals surface area contributed by atoms with Crippen LogP contribution in [-0.2, 0) is 6.54 Å². The fraction of sp³-hybridized carbons (Fsp3) is 0.391. The molecule has 2 aliphatic rings. The van der Waals surface area contributed by atoms with Gasteiger partial charge in [-0.15, -0.1) is 0 Å². The van der Waals surface area contributed by atoms with Gasteiger partial charge < -0.3 is 4.90 Å². The molecule has 1 aromatic carbocycles. The molecule has 0 bridgehead atoms. The quantitative estimate of drug-likeness (QED) is 0.688. The number of aromatic nitrogens is 2. The molecule has 0 spiro atoms. The van der Waals surface area contributed by atoms with Crippen LogP contribution < -0.4 is 4.90 Å². The van der Waals surface area contributed by atoms with E-state index in [2.05, 4.69) is 58.3 Å². The van der Waals surface area contributed by atoms with Crippen molar-refractivity contribution in [1.82, 2.24) is 14.9 Å². The number of hydrogen-bond donors (Lipinski definition) is 0. The Morgan fingerprint density at radius 3 is 2.37 bits per heavy atom. The minimum absolute atomic E-state index is 0.945. The molecule has 2 aromatic heterocycles. The first-order valence-electron chi connectivity index (χ1n) is 10.2. The van der Waals surface area contributed by atoms with Gasteiger partial charge in [0.2, 0.25) is 0 Å². The second kappa shape index (κ2) is 7.28. The average molecular weight is 358 g/mol. The van der Waals surface area contributed by atoms with Crippen LogP contribution in [0, 0.1) is 0 Å². The zero-order valence-electron chi connectivity index (χ0n) is 15.8. The monoisotopic (exact) mass is 358 g/mol. The zero-order valence-corrected chi connectivity index (χ0v) is 15.8. The molecule has 0 saturated carbocycles. The number of hydrogen-bond acceptors (Lipinski definition) is 4. The Morgan fingerprint density at radius 1 is 0.741 bits per heavy atom. The first kappa shape index (κ1) is 16.7. The van der Waals surface area contributed by atoms with Gasteiger partial charge in [-0.3, -0.25) is 4.90 Å². The number of nitrogens with zero attached hydrogens (tertiary/aromatic N) is 4. The molecule has 0 aliphatic carbocycles. The predicted molar refractivity (Wildman–Crippen MR) is 111 cm³/mol. The molecule has 27 heavy (non-hydrogen) atoms. The molecule has 2 fully saturated rings. The Morgan fingerprint density at radius 2 is 1.52 bits per heavy atom. The summed E-state index contributed by atoms with van der Waals surface area (Å²) in [5.41, 5.74) is 5.43. The fourth-order valence-electron chi connectivity index (χ4n) is 4.31. The molecule has 2 saturated heterocycles. The van der Waals surface area contributed by atoms with Crippen molar-refractivity contribution in [3.05, 3.63) is 54.2 Å². The van der Waals surface area contributed by atoms with Crippen molar-refractivity contribution < 1.29 is 0 Å². The number of anilines is 1. The second-order valence-corrected chi connectivity index (χ2v) is 7.77. The molecule has 4 nitrogen and oxygen atoms in total. The van der Waals surface area contributed by atoms with Gasteiger partial charge in [0.05, 0.1) is 22.6 Å². The molecule has 0 atom stereocenters. The summed E-state index contributed by atoms with van der Waals surface area (Å²) in [6, 6.07) is 17.2. The summed E-state index contributed by atoms with van der Waals surface area (Å²) in [6.07, 6.45) is 5.22. The van der Waals surface area contributed by atoms with Gasteiger partial charge in [0.25, 0.3) is 0 Å². The highest BCUT2D eigenvalue weighted by Gasteiger charge is 2.14. The van der Waals surface area contributed by atoms with Gasteiger partial charge in [-0.25, -0.2) is 9.97 Å². The number of benzene rings is 1. The standard InChI is InChI=1S/C23H26N4/c1-2-13-26(12-1)17-19-6-5-7-22(24-19)23-10-8-18-16-20(9-11-21(18)25-23)27-14-3-4-15-27/h5-11,16H,1-4,12-15,17H2. The third-order valence-corrected chi connectivity index (χ3v) is 5.80. The van der Waals surface area contributed by atoms with Gasteiger partial charge in [-0.1, -0.05) is 12.1 Å². The third kappa shape index (κ3) is 3.54. The molecular weight excluding hydrogens is 332 g/mol. The van der Waals surface area contributed by atoms with Gasteiger partial charge in [0.1, 0.15) is 0 Å². The lowest BCUT2D eigenvalue weighted by Gasteiger charge is -2.18. The van der Waals surface area contributed by atoms with Crippen molar-refractivity contribution in [3.63, 3.8) is 0 Å². The van der Waals surface area contributed by atoms with E-state index in [1.807, 2.05) is 0 Å². The summed E-state index contributed by atoms with van der Waals surface area (Å²) >= 11 is 0. The Bertz CT molecular complexity index is 940. The average Bonchev–Trinajstić information content (AvgIpc) is 3.42. The van der Waals surface area contributed by atoms with Crippen LogP contribution in [0.25, 0.3) is 22.3 Å². The van der Waals surface area contributed by atoms with E-state index in [1.54, 1.807) is 0 Å². The molecule has 0 radical (unpaired) electrons. The third-order valence-electron chi connectivity index (χ3n) is 5.80. The summed E-state index contributed by atoms with van der Waals surface area (Å²) in [5.74, 6) is 0. The van der Waals surface area contributed by atoms with Crippen LogP contribution in [0.15, 0.2) is 48.5 Å². The van der Waals surface area contributed by atoms with E-state index in [-0.39, 0.29) is 0 Å². The summed E-state index contributed by atoms with van der Waals surface area (Å²) in [6.45, 7) is 5.68. The Labute approximate surface area is 160 Å². The van der Waals surface area contributed by atoms with Crippen LogP contribution >= 0.6 is 0 Å². The first-order valence-corrected chi connectivity index (χ1v) is 10.2. The summed E-state index contributed by atoms with van der Waals surface area (Å²) in [7, 11) is 0. The van der Waals surface area contributed by atoms with Crippen LogP contribution in [-0.4, -0.2) is 41.0 Å². The Kier molecular flexibility index (Phi) is 4.50. The molecule has 0 N–H and O–H groups in total. The van der Waals surface area contributed by atoms with Crippen molar-refractivity contribution in [2.24, 2.45) is 0 Å². The highest BCUT2D eigenvalue weighted by molar-refractivity contribution is 5.84. The van der Waals surface area contributed by atoms with Gasteiger partial charge >= 0.3 is 0 Å². The highest BCUT2D eigenvalue weighted by atomic mass is 15.1. The lowest BCUT2D eigenvalue weighted by Crippen LogP contribution is -2.19. The van der Waals surface area contributed by atoms with E-state index in [9.17, 15) is 0 Å². The highest BCUT2D eigenvalue weighted by Crippen LogP contribution is 2.26. The molecule has 4 heterocycles. The van der Waals surface area contributed by atoms with Crippen LogP contribution in [0.3, 0.4) is 0 Å². The minimum Gasteiger partial charge on any atom is -0.372 e. The maximum absolute atomic E-state index is 4.89. The largest absolute Gasteiger partial charge is 0.372 e. The van der Waals surface area contributed by atoms with Crippen LogP contribution in [0.5, 0.6) is 0 Å². The van der Waals surface area contributed by atoms with Crippen molar-refractivity contribution >= 4 is 16.6 Å². The van der Waals surface area contributed by atoms with Crippen LogP contribution in [0.1, 0.15) is 31.4 Å². The molecular formula is C23H26N4. The van der Waals surface area contributed by atoms with Gasteiger partial charge in [-0.05, 0) is 75.2 Å². The number of fused-ring (bicyclic) bond motifs is 1. The topological polar surface area (TPSA) is 32.3 Å². The minimum atomic E-state index is 0.945. The van der Waals surface area contributed by atoms with Crippen molar-refractivity contribution in [2.45, 2.75) is 32.2 Å². The summed E-state index contributed by atoms with van der Waals surface area (Å²) in [4.78, 5) is 14.7. The van der Waals surface area contributed by atoms with E-state index >= 15 is 0 Å². The summed E-state index contributed by atoms with van der Waals surface area (Å²) < 4.78 is 0. The lowest BCUT2D eigenvalue weighted by atomic mass is 10.1. The molecule has 3 aromatic rings. The smallest absolute Gasteiger partial charge is 0.0894 e. The van der Waals surface area contributed by atoms with E-state index in [0.29, 0.717) is 0 Å². The van der Waals surface area contributed by atoms with E-state index in [4.69, 9.17) is 9.97 Å². The van der Waals surface area contributed by atoms with Crippen molar-refractivity contribution in [1.29, 1.82) is 0 Å². The van der Waals surface area contributed by atoms with Gasteiger partial charge in [0.15, 0.2) is 0 Å². The molecule has 0 unspecified atom stereocenters. The first-order chi connectivity index (χ1) is 13.3. The summed E-state index contributed by atoms with van der Waals surface area (Å²) in [5, 5.41) is 1.20. The normalized spacial score (nSPS) is 17.9. The molecule has 2 aliphatic heterocycles. The number of rotatable bonds is 4. The SMILES string of the molecule is c1cc(CN2CCCC2)nc(-c2ccc3cc(N4CCCC4)ccc3n2)c1. The van der Waals surface area contributed by atoms with Gasteiger partial charge in [-0.2, -0.15) is 0 Å². The lowest BCUT2D eigenvalue weighted by molar-refractivity contribution is 0.327. The predicted octanol–water partition coefficient (Wildman–Crippen LogP) is 4.49. The molecule has 0 amide bonds. The maximum atomic E-state index is 4.89. The second-order valence-electron chi connectivity index (χ2n) is 7.77.